The van der Waals surface area contributed by atoms with E-state index in [1.165, 1.54) is 36.8 Å². The minimum absolute atomic E-state index is 0. The summed E-state index contributed by atoms with van der Waals surface area (Å²) in [7, 11) is 0. The Balaban J connectivity index is 0.00000462. The van der Waals surface area contributed by atoms with Crippen molar-refractivity contribution in [3.8, 4) is 23.6 Å². The Morgan fingerprint density at radius 1 is 1.10 bits per heavy atom. The Labute approximate surface area is 248 Å². The molecule has 214 valence electrons. The number of nitrogens with zero attached hydrogens (tertiary/aromatic N) is 5. The van der Waals surface area contributed by atoms with Gasteiger partial charge in [0.15, 0.2) is 18.3 Å². The Morgan fingerprint density at radius 3 is 2.44 bits per heavy atom. The number of likely N-dealkylation sites (tertiary alicyclic amines) is 1. The van der Waals surface area contributed by atoms with E-state index in [2.05, 4.69) is 10.00 Å². The zero-order valence-electron chi connectivity index (χ0n) is 22.4. The lowest BCUT2D eigenvalue weighted by molar-refractivity contribution is -0.148. The van der Waals surface area contributed by atoms with Crippen LogP contribution in [0, 0.1) is 35.4 Å². The normalized spacial score (nSPS) is 13.0. The van der Waals surface area contributed by atoms with Crippen LogP contribution in [0.15, 0.2) is 41.2 Å². The molecule has 1 fully saturated rings. The van der Waals surface area contributed by atoms with Crippen molar-refractivity contribution < 1.29 is 18.7 Å². The number of nitriles is 2. The van der Waals surface area contributed by atoms with Crippen LogP contribution in [0.4, 0.5) is 4.39 Å². The van der Waals surface area contributed by atoms with Crippen LogP contribution < -0.4 is 10.3 Å². The number of carbonyl (C=O) groups is 1. The third-order valence-corrected chi connectivity index (χ3v) is 6.82. The molecule has 2 aromatic carbocycles. The Morgan fingerprint density at radius 2 is 1.78 bits per heavy atom. The maximum atomic E-state index is 15.5. The van der Waals surface area contributed by atoms with Crippen molar-refractivity contribution in [2.24, 2.45) is 0 Å². The molecule has 0 bridgehead atoms. The van der Waals surface area contributed by atoms with E-state index in [-0.39, 0.29) is 65.2 Å². The zero-order valence-corrected chi connectivity index (χ0v) is 23.9. The minimum Gasteiger partial charge on any atom is -0.453 e. The van der Waals surface area contributed by atoms with Gasteiger partial charge in [-0.3, -0.25) is 9.59 Å². The van der Waals surface area contributed by atoms with Gasteiger partial charge in [-0.05, 0) is 68.8 Å². The summed E-state index contributed by atoms with van der Waals surface area (Å²) >= 11 is 6.21. The predicted molar refractivity (Wildman–Crippen MR) is 152 cm³/mol. The fraction of sp³-hybridized carbons (Fsp3) is 0.345. The number of aromatic nitrogens is 2. The summed E-state index contributed by atoms with van der Waals surface area (Å²) in [4.78, 5) is 27.1. The minimum atomic E-state index is -0.755. The lowest BCUT2D eigenvalue weighted by Gasteiger charge is -2.25. The molecule has 0 N–H and O–H groups in total. The van der Waals surface area contributed by atoms with Crippen LogP contribution in [-0.2, 0) is 22.7 Å². The smallest absolute Gasteiger partial charge is 0.308 e. The molecule has 0 spiro atoms. The van der Waals surface area contributed by atoms with Gasteiger partial charge in [-0.25, -0.2) is 4.39 Å². The van der Waals surface area contributed by atoms with Crippen molar-refractivity contribution in [2.45, 2.75) is 45.8 Å². The molecule has 0 radical (unpaired) electrons. The summed E-state index contributed by atoms with van der Waals surface area (Å²) in [6.45, 7) is 3.80. The summed E-state index contributed by atoms with van der Waals surface area (Å²) in [5, 5.41) is 22.7. The van der Waals surface area contributed by atoms with Gasteiger partial charge in [0.05, 0.1) is 40.4 Å². The van der Waals surface area contributed by atoms with Crippen LogP contribution >= 0.6 is 24.0 Å². The SMILES string of the molecule is Cc1cc(Cc2ccc(Cl)c(Oc3cc(C#N)cc(C#N)c3)c2F)nn(COC(=O)CCN2CCCCC2)c1=O.Cl. The Bertz CT molecular complexity index is 1530. The number of hydrogen-bond acceptors (Lipinski definition) is 8. The number of benzene rings is 2. The molecule has 9 nitrogen and oxygen atoms in total. The van der Waals surface area contributed by atoms with Crippen LogP contribution in [0.25, 0.3) is 0 Å². The highest BCUT2D eigenvalue weighted by Gasteiger charge is 2.18. The van der Waals surface area contributed by atoms with E-state index in [1.807, 2.05) is 12.1 Å². The second-order valence-electron chi connectivity index (χ2n) is 9.52. The van der Waals surface area contributed by atoms with E-state index in [9.17, 15) is 20.1 Å². The number of hydrogen-bond donors (Lipinski definition) is 0. The maximum Gasteiger partial charge on any atom is 0.308 e. The molecular formula is C29H28Cl2FN5O4. The van der Waals surface area contributed by atoms with Crippen molar-refractivity contribution in [3.05, 3.63) is 85.5 Å². The van der Waals surface area contributed by atoms with Crippen molar-refractivity contribution in [1.29, 1.82) is 10.5 Å². The molecule has 3 aromatic rings. The molecule has 0 saturated carbocycles. The first-order valence-corrected chi connectivity index (χ1v) is 13.2. The van der Waals surface area contributed by atoms with Gasteiger partial charge in [-0.15, -0.1) is 12.4 Å². The first kappa shape index (κ1) is 31.6. The van der Waals surface area contributed by atoms with Crippen molar-refractivity contribution >= 4 is 30.0 Å². The number of ether oxygens (including phenoxy) is 2. The van der Waals surface area contributed by atoms with Crippen molar-refractivity contribution in [1.82, 2.24) is 14.7 Å². The highest BCUT2D eigenvalue weighted by molar-refractivity contribution is 6.32. The average molecular weight is 600 g/mol. The number of esters is 1. The fourth-order valence-electron chi connectivity index (χ4n) is 4.46. The van der Waals surface area contributed by atoms with Crippen LogP contribution in [0.2, 0.25) is 5.02 Å². The van der Waals surface area contributed by atoms with E-state index >= 15 is 4.39 Å². The number of rotatable bonds is 9. The van der Waals surface area contributed by atoms with Crippen LogP contribution in [0.3, 0.4) is 0 Å². The molecule has 4 rings (SSSR count). The maximum absolute atomic E-state index is 15.5. The molecule has 1 aliphatic rings. The van der Waals surface area contributed by atoms with Gasteiger partial charge < -0.3 is 14.4 Å². The fourth-order valence-corrected chi connectivity index (χ4v) is 4.64. The predicted octanol–water partition coefficient (Wildman–Crippen LogP) is 5.27. The molecule has 0 unspecified atom stereocenters. The number of carbonyl (C=O) groups excluding carboxylic acids is 1. The van der Waals surface area contributed by atoms with E-state index in [0.29, 0.717) is 17.8 Å². The molecular weight excluding hydrogens is 572 g/mol. The van der Waals surface area contributed by atoms with Crippen molar-refractivity contribution in [3.63, 3.8) is 0 Å². The molecule has 41 heavy (non-hydrogen) atoms. The van der Waals surface area contributed by atoms with Gasteiger partial charge in [0, 0.05) is 18.5 Å². The molecule has 1 saturated heterocycles. The first-order chi connectivity index (χ1) is 19.3. The highest BCUT2D eigenvalue weighted by Crippen LogP contribution is 2.35. The third kappa shape index (κ3) is 8.27. The quantitative estimate of drug-likeness (QED) is 0.305. The van der Waals surface area contributed by atoms with Gasteiger partial charge in [0.2, 0.25) is 0 Å². The average Bonchev–Trinajstić information content (AvgIpc) is 2.96. The zero-order chi connectivity index (χ0) is 28.6. The van der Waals surface area contributed by atoms with E-state index in [1.54, 1.807) is 13.0 Å². The summed E-state index contributed by atoms with van der Waals surface area (Å²) in [6.07, 6.45) is 3.67. The highest BCUT2D eigenvalue weighted by atomic mass is 35.5. The summed E-state index contributed by atoms with van der Waals surface area (Å²) in [5.74, 6) is -1.37. The topological polar surface area (TPSA) is 121 Å². The Kier molecular flexibility index (Phi) is 11.2. The van der Waals surface area contributed by atoms with Crippen molar-refractivity contribution in [2.75, 3.05) is 19.6 Å². The summed E-state index contributed by atoms with van der Waals surface area (Å²) in [5.41, 5.74) is 0.849. The van der Waals surface area contributed by atoms with Gasteiger partial charge in [0.25, 0.3) is 5.56 Å². The third-order valence-electron chi connectivity index (χ3n) is 6.52. The number of halogens is 3. The molecule has 12 heteroatoms. The van der Waals surface area contributed by atoms with Crippen LogP contribution in [0.5, 0.6) is 11.5 Å². The number of aryl methyl sites for hydroxylation is 1. The molecule has 0 atom stereocenters. The second kappa shape index (κ2) is 14.6. The molecule has 0 amide bonds. The molecule has 1 aromatic heterocycles. The van der Waals surface area contributed by atoms with Gasteiger partial charge in [-0.1, -0.05) is 24.1 Å². The van der Waals surface area contributed by atoms with E-state index in [0.717, 1.165) is 30.6 Å². The Hall–Kier alpha value is -3.96. The second-order valence-corrected chi connectivity index (χ2v) is 9.93. The number of piperidine rings is 1. The largest absolute Gasteiger partial charge is 0.453 e. The van der Waals surface area contributed by atoms with E-state index in [4.69, 9.17) is 21.1 Å². The van der Waals surface area contributed by atoms with Crippen LogP contribution in [-0.4, -0.2) is 40.3 Å². The van der Waals surface area contributed by atoms with Gasteiger partial charge in [-0.2, -0.15) is 20.3 Å². The summed E-state index contributed by atoms with van der Waals surface area (Å²) in [6, 6.07) is 12.5. The summed E-state index contributed by atoms with van der Waals surface area (Å²) < 4.78 is 27.5. The van der Waals surface area contributed by atoms with Gasteiger partial charge in [0.1, 0.15) is 5.75 Å². The van der Waals surface area contributed by atoms with E-state index < -0.39 is 17.3 Å². The molecule has 2 heterocycles. The monoisotopic (exact) mass is 599 g/mol. The standard InChI is InChI=1S/C29H27ClFN5O4.ClH/c1-19-11-23(34-36(29(19)38)18-39-26(37)7-10-35-8-3-2-4-9-35)15-22-5-6-25(30)28(27(22)31)40-24-13-20(16-32)12-21(14-24)17-33;/h5-6,11-14H,2-4,7-10,15,18H2,1H3;1H. The molecule has 0 aliphatic carbocycles. The lowest BCUT2D eigenvalue weighted by Crippen LogP contribution is -2.32. The lowest BCUT2D eigenvalue weighted by atomic mass is 10.1. The molecule has 1 aliphatic heterocycles. The van der Waals surface area contributed by atoms with Crippen LogP contribution in [0.1, 0.15) is 53.6 Å². The first-order valence-electron chi connectivity index (χ1n) is 12.8. The van der Waals surface area contributed by atoms with Gasteiger partial charge >= 0.3 is 5.97 Å².